The van der Waals surface area contributed by atoms with Crippen LogP contribution in [0.3, 0.4) is 0 Å². The number of rotatable bonds is 5. The van der Waals surface area contributed by atoms with Crippen LogP contribution in [-0.4, -0.2) is 35.6 Å². The zero-order chi connectivity index (χ0) is 10.6. The molecular weight excluding hydrogens is 202 g/mol. The standard InChI is InChI=1S/C10H16ClNO2/c1-8-3-4-10(14-8)7-12(2)6-9(13)5-11/h3-4,9,13H,5-7H2,1-2H3. The highest BCUT2D eigenvalue weighted by atomic mass is 35.5. The highest BCUT2D eigenvalue weighted by Crippen LogP contribution is 2.08. The van der Waals surface area contributed by atoms with Crippen molar-refractivity contribution in [1.29, 1.82) is 0 Å². The first kappa shape index (κ1) is 11.6. The van der Waals surface area contributed by atoms with Crippen LogP contribution in [0.5, 0.6) is 0 Å². The number of aliphatic hydroxyl groups excluding tert-OH is 1. The fourth-order valence-corrected chi connectivity index (χ4v) is 1.41. The summed E-state index contributed by atoms with van der Waals surface area (Å²) < 4.78 is 5.41. The number of aryl methyl sites for hydroxylation is 1. The van der Waals surface area contributed by atoms with Gasteiger partial charge in [-0.2, -0.15) is 0 Å². The van der Waals surface area contributed by atoms with E-state index in [4.69, 9.17) is 16.0 Å². The highest BCUT2D eigenvalue weighted by Gasteiger charge is 2.08. The van der Waals surface area contributed by atoms with Gasteiger partial charge in [-0.1, -0.05) is 0 Å². The van der Waals surface area contributed by atoms with Crippen molar-refractivity contribution in [2.75, 3.05) is 19.5 Å². The van der Waals surface area contributed by atoms with E-state index in [1.54, 1.807) is 0 Å². The molecule has 0 aliphatic carbocycles. The molecule has 1 N–H and O–H groups in total. The first-order valence-electron chi connectivity index (χ1n) is 4.59. The van der Waals surface area contributed by atoms with E-state index >= 15 is 0 Å². The molecule has 1 rings (SSSR count). The maximum atomic E-state index is 9.31. The Hall–Kier alpha value is -0.510. The van der Waals surface area contributed by atoms with E-state index in [2.05, 4.69) is 0 Å². The molecule has 3 nitrogen and oxygen atoms in total. The largest absolute Gasteiger partial charge is 0.465 e. The van der Waals surface area contributed by atoms with Gasteiger partial charge in [-0.05, 0) is 26.1 Å². The van der Waals surface area contributed by atoms with Gasteiger partial charge in [0.1, 0.15) is 11.5 Å². The van der Waals surface area contributed by atoms with E-state index in [1.807, 2.05) is 31.0 Å². The molecule has 1 unspecified atom stereocenters. The van der Waals surface area contributed by atoms with Gasteiger partial charge in [-0.3, -0.25) is 4.90 Å². The van der Waals surface area contributed by atoms with Crippen molar-refractivity contribution < 1.29 is 9.52 Å². The summed E-state index contributed by atoms with van der Waals surface area (Å²) in [5, 5.41) is 9.31. The first-order valence-corrected chi connectivity index (χ1v) is 5.13. The number of aliphatic hydroxyl groups is 1. The van der Waals surface area contributed by atoms with Gasteiger partial charge >= 0.3 is 0 Å². The van der Waals surface area contributed by atoms with Crippen molar-refractivity contribution in [3.63, 3.8) is 0 Å². The minimum absolute atomic E-state index is 0.265. The average molecular weight is 218 g/mol. The summed E-state index contributed by atoms with van der Waals surface area (Å²) in [7, 11) is 1.92. The second-order valence-electron chi connectivity index (χ2n) is 3.52. The van der Waals surface area contributed by atoms with Gasteiger partial charge in [-0.15, -0.1) is 11.6 Å². The predicted octanol–water partition coefficient (Wildman–Crippen LogP) is 1.62. The van der Waals surface area contributed by atoms with Crippen LogP contribution in [0.4, 0.5) is 0 Å². The number of furan rings is 1. The van der Waals surface area contributed by atoms with Gasteiger partial charge in [0, 0.05) is 12.4 Å². The molecule has 14 heavy (non-hydrogen) atoms. The summed E-state index contributed by atoms with van der Waals surface area (Å²) >= 11 is 5.50. The Bertz CT molecular complexity index is 275. The molecule has 80 valence electrons. The van der Waals surface area contributed by atoms with Crippen LogP contribution >= 0.6 is 11.6 Å². The van der Waals surface area contributed by atoms with Gasteiger partial charge in [-0.25, -0.2) is 0 Å². The fourth-order valence-electron chi connectivity index (χ4n) is 1.31. The maximum Gasteiger partial charge on any atom is 0.118 e. The molecule has 1 atom stereocenters. The number of hydrogen-bond donors (Lipinski definition) is 1. The molecule has 0 aliphatic rings. The molecule has 0 amide bonds. The number of alkyl halides is 1. The lowest BCUT2D eigenvalue weighted by Gasteiger charge is -2.17. The lowest BCUT2D eigenvalue weighted by atomic mass is 10.3. The summed E-state index contributed by atoms with van der Waals surface area (Å²) in [6, 6.07) is 3.88. The molecule has 0 spiro atoms. The first-order chi connectivity index (χ1) is 6.61. The minimum atomic E-state index is -0.474. The molecule has 1 heterocycles. The van der Waals surface area contributed by atoms with Crippen LogP contribution in [-0.2, 0) is 6.54 Å². The van der Waals surface area contributed by atoms with Crippen LogP contribution < -0.4 is 0 Å². The van der Waals surface area contributed by atoms with Crippen molar-refractivity contribution in [3.8, 4) is 0 Å². The highest BCUT2D eigenvalue weighted by molar-refractivity contribution is 6.18. The van der Waals surface area contributed by atoms with Crippen molar-refractivity contribution in [2.24, 2.45) is 0 Å². The van der Waals surface area contributed by atoms with Crippen molar-refractivity contribution >= 4 is 11.6 Å². The van der Waals surface area contributed by atoms with E-state index in [9.17, 15) is 5.11 Å². The van der Waals surface area contributed by atoms with E-state index in [-0.39, 0.29) is 5.88 Å². The Kier molecular flexibility index (Phi) is 4.45. The Morgan fingerprint density at radius 1 is 1.57 bits per heavy atom. The Balaban J connectivity index is 2.37. The Morgan fingerprint density at radius 2 is 2.29 bits per heavy atom. The third-order valence-corrected chi connectivity index (χ3v) is 2.28. The number of hydrogen-bond acceptors (Lipinski definition) is 3. The summed E-state index contributed by atoms with van der Waals surface area (Å²) in [5.41, 5.74) is 0. The molecule has 1 aromatic rings. The van der Waals surface area contributed by atoms with E-state index in [1.165, 1.54) is 0 Å². The molecule has 0 saturated carbocycles. The summed E-state index contributed by atoms with van der Waals surface area (Å²) in [4.78, 5) is 1.98. The van der Waals surface area contributed by atoms with E-state index in [0.717, 1.165) is 11.5 Å². The molecule has 0 fully saturated rings. The molecular formula is C10H16ClNO2. The van der Waals surface area contributed by atoms with Crippen LogP contribution in [0.15, 0.2) is 16.5 Å². The monoisotopic (exact) mass is 217 g/mol. The second-order valence-corrected chi connectivity index (χ2v) is 3.83. The lowest BCUT2D eigenvalue weighted by Crippen LogP contribution is -2.29. The number of halogens is 1. The molecule has 4 heteroatoms. The zero-order valence-corrected chi connectivity index (χ0v) is 9.29. The zero-order valence-electron chi connectivity index (χ0n) is 8.53. The summed E-state index contributed by atoms with van der Waals surface area (Å²) in [6.07, 6.45) is -0.474. The van der Waals surface area contributed by atoms with Crippen LogP contribution in [0.25, 0.3) is 0 Å². The van der Waals surface area contributed by atoms with Gasteiger partial charge < -0.3 is 9.52 Å². The van der Waals surface area contributed by atoms with Crippen molar-refractivity contribution in [1.82, 2.24) is 4.90 Å². The molecule has 0 radical (unpaired) electrons. The van der Waals surface area contributed by atoms with Gasteiger partial charge in [0.05, 0.1) is 12.6 Å². The number of likely N-dealkylation sites (N-methyl/N-ethyl adjacent to an activating group) is 1. The molecule has 1 aromatic heterocycles. The third-order valence-electron chi connectivity index (χ3n) is 1.92. The lowest BCUT2D eigenvalue weighted by molar-refractivity contribution is 0.136. The average Bonchev–Trinajstić information content (AvgIpc) is 2.50. The van der Waals surface area contributed by atoms with Crippen molar-refractivity contribution in [3.05, 3.63) is 23.7 Å². The van der Waals surface area contributed by atoms with Crippen LogP contribution in [0.2, 0.25) is 0 Å². The molecule has 0 bridgehead atoms. The topological polar surface area (TPSA) is 36.6 Å². The summed E-state index contributed by atoms with van der Waals surface area (Å²) in [5.74, 6) is 2.08. The smallest absolute Gasteiger partial charge is 0.118 e. The molecule has 0 saturated heterocycles. The van der Waals surface area contributed by atoms with E-state index < -0.39 is 6.10 Å². The predicted molar refractivity (Wildman–Crippen MR) is 56.5 cm³/mol. The maximum absolute atomic E-state index is 9.31. The minimum Gasteiger partial charge on any atom is -0.465 e. The summed E-state index contributed by atoms with van der Waals surface area (Å²) in [6.45, 7) is 3.17. The third kappa shape index (κ3) is 3.70. The van der Waals surface area contributed by atoms with Gasteiger partial charge in [0.2, 0.25) is 0 Å². The van der Waals surface area contributed by atoms with Crippen LogP contribution in [0.1, 0.15) is 11.5 Å². The van der Waals surface area contributed by atoms with Crippen LogP contribution in [0, 0.1) is 6.92 Å². The quantitative estimate of drug-likeness (QED) is 0.762. The van der Waals surface area contributed by atoms with E-state index in [0.29, 0.717) is 13.1 Å². The second kappa shape index (κ2) is 5.39. The normalized spacial score (nSPS) is 13.5. The van der Waals surface area contributed by atoms with Crippen molar-refractivity contribution in [2.45, 2.75) is 19.6 Å². The Labute approximate surface area is 89.3 Å². The molecule has 0 aromatic carbocycles. The Morgan fingerprint density at radius 3 is 2.79 bits per heavy atom. The van der Waals surface area contributed by atoms with Gasteiger partial charge in [0.15, 0.2) is 0 Å². The van der Waals surface area contributed by atoms with Gasteiger partial charge in [0.25, 0.3) is 0 Å². The SMILES string of the molecule is Cc1ccc(CN(C)CC(O)CCl)o1. The fraction of sp³-hybridized carbons (Fsp3) is 0.600. The molecule has 0 aliphatic heterocycles. The number of nitrogens with zero attached hydrogens (tertiary/aromatic N) is 1.